The Labute approximate surface area is 107 Å². The molecule has 2 aromatic heterocycles. The van der Waals surface area contributed by atoms with E-state index < -0.39 is 0 Å². The first-order chi connectivity index (χ1) is 8.72. The number of aromatic nitrogens is 3. The van der Waals surface area contributed by atoms with E-state index in [-0.39, 0.29) is 0 Å². The van der Waals surface area contributed by atoms with Crippen LogP contribution in [0.2, 0.25) is 0 Å². The van der Waals surface area contributed by atoms with Crippen molar-refractivity contribution in [2.24, 2.45) is 7.05 Å². The summed E-state index contributed by atoms with van der Waals surface area (Å²) in [6.45, 7) is 7.20. The molecule has 0 bridgehead atoms. The second-order valence-electron chi connectivity index (χ2n) is 4.30. The molecule has 5 nitrogen and oxygen atoms in total. The molecule has 0 aliphatic rings. The van der Waals surface area contributed by atoms with Gasteiger partial charge in [-0.15, -0.1) is 0 Å². The molecule has 0 unspecified atom stereocenters. The van der Waals surface area contributed by atoms with Crippen LogP contribution in [0.15, 0.2) is 12.3 Å². The van der Waals surface area contributed by atoms with Crippen molar-refractivity contribution in [1.29, 1.82) is 0 Å². The SMILES string of the molecule is CCOCCNCc1cnc2c(c1)c(C)nn2C. The first kappa shape index (κ1) is 13.0. The van der Waals surface area contributed by atoms with Crippen molar-refractivity contribution in [2.75, 3.05) is 19.8 Å². The number of pyridine rings is 1. The minimum Gasteiger partial charge on any atom is -0.380 e. The molecular formula is C13H20N4O. The van der Waals surface area contributed by atoms with Crippen LogP contribution in [-0.4, -0.2) is 34.5 Å². The number of nitrogens with zero attached hydrogens (tertiary/aromatic N) is 3. The quantitative estimate of drug-likeness (QED) is 0.785. The lowest BCUT2D eigenvalue weighted by Crippen LogP contribution is -2.19. The number of aryl methyl sites for hydroxylation is 2. The van der Waals surface area contributed by atoms with E-state index in [1.165, 1.54) is 5.56 Å². The third kappa shape index (κ3) is 2.86. The zero-order valence-corrected chi connectivity index (χ0v) is 11.2. The molecule has 0 aliphatic heterocycles. The van der Waals surface area contributed by atoms with Gasteiger partial charge in [0, 0.05) is 38.3 Å². The lowest BCUT2D eigenvalue weighted by Gasteiger charge is -2.05. The van der Waals surface area contributed by atoms with Gasteiger partial charge in [-0.2, -0.15) is 5.10 Å². The maximum absolute atomic E-state index is 5.27. The van der Waals surface area contributed by atoms with Crippen LogP contribution < -0.4 is 5.32 Å². The maximum atomic E-state index is 5.27. The Morgan fingerprint density at radius 2 is 2.28 bits per heavy atom. The third-order valence-electron chi connectivity index (χ3n) is 2.88. The van der Waals surface area contributed by atoms with Crippen molar-refractivity contribution in [3.05, 3.63) is 23.5 Å². The van der Waals surface area contributed by atoms with Gasteiger partial charge in [-0.05, 0) is 25.5 Å². The summed E-state index contributed by atoms with van der Waals surface area (Å²) in [5.41, 5.74) is 3.14. The predicted octanol–water partition coefficient (Wildman–Crippen LogP) is 1.40. The second kappa shape index (κ2) is 5.93. The molecule has 2 heterocycles. The molecule has 18 heavy (non-hydrogen) atoms. The van der Waals surface area contributed by atoms with E-state index in [4.69, 9.17) is 4.74 Å². The van der Waals surface area contributed by atoms with Crippen molar-refractivity contribution in [2.45, 2.75) is 20.4 Å². The molecule has 0 aliphatic carbocycles. The molecule has 1 N–H and O–H groups in total. The zero-order valence-electron chi connectivity index (χ0n) is 11.2. The van der Waals surface area contributed by atoms with E-state index in [1.54, 1.807) is 0 Å². The lowest BCUT2D eigenvalue weighted by molar-refractivity contribution is 0.149. The molecule has 5 heteroatoms. The van der Waals surface area contributed by atoms with Crippen LogP contribution >= 0.6 is 0 Å². The van der Waals surface area contributed by atoms with E-state index in [2.05, 4.69) is 21.5 Å². The molecular weight excluding hydrogens is 228 g/mol. The Balaban J connectivity index is 1.99. The van der Waals surface area contributed by atoms with Gasteiger partial charge in [0.25, 0.3) is 0 Å². The molecule has 98 valence electrons. The number of nitrogens with one attached hydrogen (secondary N) is 1. The van der Waals surface area contributed by atoms with Crippen molar-refractivity contribution in [1.82, 2.24) is 20.1 Å². The Kier molecular flexibility index (Phi) is 4.28. The van der Waals surface area contributed by atoms with Gasteiger partial charge in [0.1, 0.15) is 0 Å². The van der Waals surface area contributed by atoms with E-state index in [9.17, 15) is 0 Å². The Hall–Kier alpha value is -1.46. The summed E-state index contributed by atoms with van der Waals surface area (Å²) < 4.78 is 7.09. The molecule has 0 saturated heterocycles. The van der Waals surface area contributed by atoms with Gasteiger partial charge in [-0.1, -0.05) is 0 Å². The fourth-order valence-electron chi connectivity index (χ4n) is 1.97. The fourth-order valence-corrected chi connectivity index (χ4v) is 1.97. The summed E-state index contributed by atoms with van der Waals surface area (Å²) in [5.74, 6) is 0. The Morgan fingerprint density at radius 3 is 3.06 bits per heavy atom. The molecule has 0 amide bonds. The molecule has 2 aromatic rings. The highest BCUT2D eigenvalue weighted by atomic mass is 16.5. The molecule has 0 radical (unpaired) electrons. The van der Waals surface area contributed by atoms with Crippen LogP contribution in [0, 0.1) is 6.92 Å². The van der Waals surface area contributed by atoms with Gasteiger partial charge in [0.15, 0.2) is 5.65 Å². The molecule has 0 saturated carbocycles. The number of hydrogen-bond acceptors (Lipinski definition) is 4. The van der Waals surface area contributed by atoms with Crippen LogP contribution in [0.5, 0.6) is 0 Å². The summed E-state index contributed by atoms with van der Waals surface area (Å²) in [4.78, 5) is 4.45. The summed E-state index contributed by atoms with van der Waals surface area (Å²) in [5, 5.41) is 8.83. The standard InChI is InChI=1S/C13H20N4O/c1-4-18-6-5-14-8-11-7-12-10(2)16-17(3)13(12)15-9-11/h7,9,14H,4-6,8H2,1-3H3. The number of fused-ring (bicyclic) bond motifs is 1. The number of rotatable bonds is 6. The molecule has 0 aromatic carbocycles. The second-order valence-corrected chi connectivity index (χ2v) is 4.30. The summed E-state index contributed by atoms with van der Waals surface area (Å²) >= 11 is 0. The average molecular weight is 248 g/mol. The van der Waals surface area contributed by atoms with Crippen molar-refractivity contribution in [3.8, 4) is 0 Å². The van der Waals surface area contributed by atoms with Crippen LogP contribution in [-0.2, 0) is 18.3 Å². The summed E-state index contributed by atoms with van der Waals surface area (Å²) in [6.07, 6.45) is 1.90. The highest BCUT2D eigenvalue weighted by molar-refractivity contribution is 5.78. The van der Waals surface area contributed by atoms with Gasteiger partial charge >= 0.3 is 0 Å². The van der Waals surface area contributed by atoms with Crippen molar-refractivity contribution < 1.29 is 4.74 Å². The Bertz CT molecular complexity index is 521. The van der Waals surface area contributed by atoms with Gasteiger partial charge < -0.3 is 10.1 Å². The number of ether oxygens (including phenoxy) is 1. The van der Waals surface area contributed by atoms with Gasteiger partial charge in [0.05, 0.1) is 12.3 Å². The topological polar surface area (TPSA) is 52.0 Å². The van der Waals surface area contributed by atoms with Crippen LogP contribution in [0.1, 0.15) is 18.2 Å². The van der Waals surface area contributed by atoms with Crippen molar-refractivity contribution in [3.63, 3.8) is 0 Å². The predicted molar refractivity (Wildman–Crippen MR) is 71.4 cm³/mol. The highest BCUT2D eigenvalue weighted by Gasteiger charge is 2.06. The third-order valence-corrected chi connectivity index (χ3v) is 2.88. The normalized spacial score (nSPS) is 11.3. The Morgan fingerprint density at radius 1 is 1.44 bits per heavy atom. The van der Waals surface area contributed by atoms with E-state index in [1.807, 2.05) is 31.8 Å². The van der Waals surface area contributed by atoms with E-state index in [0.717, 1.165) is 43.0 Å². The monoisotopic (exact) mass is 248 g/mol. The lowest BCUT2D eigenvalue weighted by atomic mass is 10.2. The van der Waals surface area contributed by atoms with E-state index >= 15 is 0 Å². The first-order valence-electron chi connectivity index (χ1n) is 6.29. The molecule has 0 atom stereocenters. The minimum absolute atomic E-state index is 0.748. The summed E-state index contributed by atoms with van der Waals surface area (Å²) in [6, 6.07) is 2.15. The zero-order chi connectivity index (χ0) is 13.0. The van der Waals surface area contributed by atoms with Crippen molar-refractivity contribution >= 4 is 11.0 Å². The fraction of sp³-hybridized carbons (Fsp3) is 0.538. The smallest absolute Gasteiger partial charge is 0.157 e. The summed E-state index contributed by atoms with van der Waals surface area (Å²) in [7, 11) is 1.92. The maximum Gasteiger partial charge on any atom is 0.157 e. The van der Waals surface area contributed by atoms with Crippen LogP contribution in [0.4, 0.5) is 0 Å². The molecule has 2 rings (SSSR count). The minimum atomic E-state index is 0.748. The molecule has 0 spiro atoms. The molecule has 0 fully saturated rings. The first-order valence-corrected chi connectivity index (χ1v) is 6.29. The van der Waals surface area contributed by atoms with E-state index in [0.29, 0.717) is 0 Å². The largest absolute Gasteiger partial charge is 0.380 e. The van der Waals surface area contributed by atoms with Gasteiger partial charge in [0.2, 0.25) is 0 Å². The van der Waals surface area contributed by atoms with Gasteiger partial charge in [-0.3, -0.25) is 4.68 Å². The highest BCUT2D eigenvalue weighted by Crippen LogP contribution is 2.16. The number of hydrogen-bond donors (Lipinski definition) is 1. The average Bonchev–Trinajstić information content (AvgIpc) is 2.65. The van der Waals surface area contributed by atoms with Crippen LogP contribution in [0.3, 0.4) is 0 Å². The van der Waals surface area contributed by atoms with Crippen LogP contribution in [0.25, 0.3) is 11.0 Å². The van der Waals surface area contributed by atoms with Gasteiger partial charge in [-0.25, -0.2) is 4.98 Å².